The molecule has 6 nitrogen and oxygen atoms in total. The van der Waals surface area contributed by atoms with E-state index in [9.17, 15) is 13.2 Å². The van der Waals surface area contributed by atoms with E-state index in [2.05, 4.69) is 10.0 Å². The van der Waals surface area contributed by atoms with Gasteiger partial charge in [0.2, 0.25) is 10.0 Å². The molecule has 0 bridgehead atoms. The Balaban J connectivity index is 2.44. The molecule has 0 saturated carbocycles. The van der Waals surface area contributed by atoms with Crippen molar-refractivity contribution in [3.8, 4) is 0 Å². The average Bonchev–Trinajstić information content (AvgIpc) is 2.42. The number of nitrogens with one attached hydrogen (secondary N) is 2. The molecule has 2 N–H and O–H groups in total. The molecule has 1 aromatic rings. The highest BCUT2D eigenvalue weighted by atomic mass is 32.2. The van der Waals surface area contributed by atoms with Crippen molar-refractivity contribution in [1.82, 2.24) is 10.0 Å². The first-order chi connectivity index (χ1) is 10.1. The number of ether oxygens (including phenoxy) is 1. The maximum atomic E-state index is 12.1. The monoisotopic (exact) mass is 328 g/mol. The fourth-order valence-corrected chi connectivity index (χ4v) is 2.68. The summed E-state index contributed by atoms with van der Waals surface area (Å²) in [5, 5.41) is 2.49. The average molecular weight is 328 g/mol. The summed E-state index contributed by atoms with van der Waals surface area (Å²) >= 11 is 0. The van der Waals surface area contributed by atoms with E-state index in [4.69, 9.17) is 4.74 Å². The van der Waals surface area contributed by atoms with E-state index in [0.29, 0.717) is 0 Å². The van der Waals surface area contributed by atoms with Gasteiger partial charge in [-0.2, -0.15) is 0 Å². The maximum absolute atomic E-state index is 12.1. The number of hydrogen-bond donors (Lipinski definition) is 2. The molecule has 1 aromatic carbocycles. The van der Waals surface area contributed by atoms with Crippen molar-refractivity contribution in [3.05, 3.63) is 29.8 Å². The summed E-state index contributed by atoms with van der Waals surface area (Å²) in [4.78, 5) is 11.6. The summed E-state index contributed by atoms with van der Waals surface area (Å²) in [7, 11) is -3.56. The second-order valence-electron chi connectivity index (χ2n) is 5.82. The molecule has 0 unspecified atom stereocenters. The first-order valence-corrected chi connectivity index (χ1v) is 8.68. The number of alkyl carbamates (subject to hydrolysis) is 1. The van der Waals surface area contributed by atoms with Crippen LogP contribution < -0.4 is 10.0 Å². The van der Waals surface area contributed by atoms with Crippen LogP contribution in [0.3, 0.4) is 0 Å². The third-order valence-corrected chi connectivity index (χ3v) is 4.20. The van der Waals surface area contributed by atoms with Gasteiger partial charge in [0.1, 0.15) is 5.60 Å². The van der Waals surface area contributed by atoms with Crippen molar-refractivity contribution in [1.29, 1.82) is 0 Å². The number of sulfonamides is 1. The Morgan fingerprint density at radius 3 is 2.23 bits per heavy atom. The molecule has 0 fully saturated rings. The summed E-state index contributed by atoms with van der Waals surface area (Å²) in [6.45, 7) is 7.53. The van der Waals surface area contributed by atoms with Gasteiger partial charge >= 0.3 is 6.09 Å². The lowest BCUT2D eigenvalue weighted by molar-refractivity contribution is 0.0529. The molecule has 0 radical (unpaired) electrons. The highest BCUT2D eigenvalue weighted by molar-refractivity contribution is 7.89. The van der Waals surface area contributed by atoms with Crippen LogP contribution in [0.25, 0.3) is 0 Å². The molecular formula is C15H24N2O4S. The lowest BCUT2D eigenvalue weighted by Gasteiger charge is -2.19. The third kappa shape index (κ3) is 6.44. The molecule has 0 saturated heterocycles. The molecular weight excluding hydrogens is 304 g/mol. The van der Waals surface area contributed by atoms with Crippen molar-refractivity contribution in [2.45, 2.75) is 44.6 Å². The van der Waals surface area contributed by atoms with Crippen LogP contribution in [0.1, 0.15) is 33.3 Å². The zero-order valence-corrected chi connectivity index (χ0v) is 14.3. The van der Waals surface area contributed by atoms with E-state index in [-0.39, 0.29) is 18.0 Å². The number of amides is 1. The Morgan fingerprint density at radius 1 is 1.14 bits per heavy atom. The van der Waals surface area contributed by atoms with Gasteiger partial charge in [-0.3, -0.25) is 0 Å². The summed E-state index contributed by atoms with van der Waals surface area (Å²) in [6, 6.07) is 6.71. The number of carbonyl (C=O) groups excluding carboxylic acids is 1. The van der Waals surface area contributed by atoms with Gasteiger partial charge in [0, 0.05) is 13.1 Å². The molecule has 124 valence electrons. The van der Waals surface area contributed by atoms with Crippen molar-refractivity contribution < 1.29 is 17.9 Å². The van der Waals surface area contributed by atoms with Crippen molar-refractivity contribution >= 4 is 16.1 Å². The van der Waals surface area contributed by atoms with Crippen LogP contribution in [0, 0.1) is 0 Å². The topological polar surface area (TPSA) is 84.5 Å². The molecule has 0 aliphatic carbocycles. The number of rotatable bonds is 6. The Kier molecular flexibility index (Phi) is 6.37. The maximum Gasteiger partial charge on any atom is 0.407 e. The Morgan fingerprint density at radius 2 is 1.73 bits per heavy atom. The quantitative estimate of drug-likeness (QED) is 0.783. The molecule has 0 spiro atoms. The first-order valence-electron chi connectivity index (χ1n) is 7.19. The normalized spacial score (nSPS) is 12.0. The highest BCUT2D eigenvalue weighted by Gasteiger charge is 2.16. The summed E-state index contributed by atoms with van der Waals surface area (Å²) in [6.07, 6.45) is 0.284. The van der Waals surface area contributed by atoms with Crippen molar-refractivity contribution in [2.24, 2.45) is 0 Å². The fourth-order valence-electron chi connectivity index (χ4n) is 1.65. The zero-order chi connectivity index (χ0) is 16.8. The van der Waals surface area contributed by atoms with Crippen LogP contribution >= 0.6 is 0 Å². The Bertz CT molecular complexity index is 589. The van der Waals surface area contributed by atoms with Gasteiger partial charge in [0.05, 0.1) is 4.90 Å². The second kappa shape index (κ2) is 7.60. The van der Waals surface area contributed by atoms with Gasteiger partial charge < -0.3 is 10.1 Å². The molecule has 0 aliphatic heterocycles. The number of carbonyl (C=O) groups is 1. The largest absolute Gasteiger partial charge is 0.444 e. The lowest BCUT2D eigenvalue weighted by atomic mass is 10.2. The summed E-state index contributed by atoms with van der Waals surface area (Å²) in [5.41, 5.74) is 0.496. The number of benzene rings is 1. The van der Waals surface area contributed by atoms with Crippen LogP contribution in [0.2, 0.25) is 0 Å². The Hall–Kier alpha value is -1.60. The molecule has 0 aliphatic rings. The highest BCUT2D eigenvalue weighted by Crippen LogP contribution is 2.10. The number of aryl methyl sites for hydroxylation is 1. The SMILES string of the molecule is CCc1ccc(S(=O)(=O)NCCNC(=O)OC(C)(C)C)cc1. The zero-order valence-electron chi connectivity index (χ0n) is 13.5. The van der Waals surface area contributed by atoms with E-state index < -0.39 is 21.7 Å². The molecule has 1 rings (SSSR count). The van der Waals surface area contributed by atoms with E-state index in [1.54, 1.807) is 45.0 Å². The van der Waals surface area contributed by atoms with Crippen LogP contribution in [0.4, 0.5) is 4.79 Å². The molecule has 0 atom stereocenters. The predicted molar refractivity (Wildman–Crippen MR) is 85.2 cm³/mol. The van der Waals surface area contributed by atoms with Gasteiger partial charge in [-0.1, -0.05) is 19.1 Å². The van der Waals surface area contributed by atoms with E-state index >= 15 is 0 Å². The van der Waals surface area contributed by atoms with Gasteiger partial charge in [-0.25, -0.2) is 17.9 Å². The summed E-state index contributed by atoms with van der Waals surface area (Å²) < 4.78 is 31.6. The molecule has 0 heterocycles. The minimum absolute atomic E-state index is 0.0944. The van der Waals surface area contributed by atoms with Gasteiger partial charge in [0.25, 0.3) is 0 Å². The minimum Gasteiger partial charge on any atom is -0.444 e. The first kappa shape index (κ1) is 18.4. The van der Waals surface area contributed by atoms with Gasteiger partial charge in [-0.05, 0) is 44.9 Å². The van der Waals surface area contributed by atoms with E-state index in [1.807, 2.05) is 6.92 Å². The number of hydrogen-bond acceptors (Lipinski definition) is 4. The molecule has 7 heteroatoms. The second-order valence-corrected chi connectivity index (χ2v) is 7.59. The molecule has 22 heavy (non-hydrogen) atoms. The van der Waals surface area contributed by atoms with E-state index in [0.717, 1.165) is 12.0 Å². The Labute approximate surface area is 132 Å². The van der Waals surface area contributed by atoms with Crippen LogP contribution in [-0.4, -0.2) is 33.2 Å². The molecule has 1 amide bonds. The summed E-state index contributed by atoms with van der Waals surface area (Å²) in [5.74, 6) is 0. The van der Waals surface area contributed by atoms with Crippen LogP contribution in [0.15, 0.2) is 29.2 Å². The van der Waals surface area contributed by atoms with Crippen molar-refractivity contribution in [2.75, 3.05) is 13.1 Å². The third-order valence-electron chi connectivity index (χ3n) is 2.73. The smallest absolute Gasteiger partial charge is 0.407 e. The van der Waals surface area contributed by atoms with Gasteiger partial charge in [0.15, 0.2) is 0 Å². The minimum atomic E-state index is -3.56. The van der Waals surface area contributed by atoms with Crippen LogP contribution in [-0.2, 0) is 21.2 Å². The van der Waals surface area contributed by atoms with Crippen LogP contribution in [0.5, 0.6) is 0 Å². The molecule has 0 aromatic heterocycles. The van der Waals surface area contributed by atoms with Gasteiger partial charge in [-0.15, -0.1) is 0 Å². The predicted octanol–water partition coefficient (Wildman–Crippen LogP) is 2.05. The van der Waals surface area contributed by atoms with Crippen molar-refractivity contribution in [3.63, 3.8) is 0 Å². The lowest BCUT2D eigenvalue weighted by Crippen LogP contribution is -2.37. The standard InChI is InChI=1S/C15H24N2O4S/c1-5-12-6-8-13(9-7-12)22(19,20)17-11-10-16-14(18)21-15(2,3)4/h6-9,17H,5,10-11H2,1-4H3,(H,16,18). The van der Waals surface area contributed by atoms with E-state index in [1.165, 1.54) is 0 Å². The fraction of sp³-hybridized carbons (Fsp3) is 0.533.